The Hall–Kier alpha value is -3.27. The van der Waals surface area contributed by atoms with E-state index in [9.17, 15) is 9.59 Å². The van der Waals surface area contributed by atoms with Crippen LogP contribution in [0.3, 0.4) is 0 Å². The summed E-state index contributed by atoms with van der Waals surface area (Å²) in [5, 5.41) is 8.75. The molecule has 0 spiro atoms. The second-order valence-electron chi connectivity index (χ2n) is 5.18. The Kier molecular flexibility index (Phi) is 5.79. The van der Waals surface area contributed by atoms with Crippen molar-refractivity contribution in [3.05, 3.63) is 53.0 Å². The molecule has 1 aromatic heterocycles. The third kappa shape index (κ3) is 4.61. The Balaban J connectivity index is 1.91. The van der Waals surface area contributed by atoms with Crippen LogP contribution in [0.15, 0.2) is 34.7 Å². The van der Waals surface area contributed by atoms with E-state index in [1.165, 1.54) is 13.2 Å². The van der Waals surface area contributed by atoms with Crippen molar-refractivity contribution < 1.29 is 28.2 Å². The van der Waals surface area contributed by atoms with Crippen molar-refractivity contribution >= 4 is 11.9 Å². The number of hydrogen-bond acceptors (Lipinski definition) is 7. The van der Waals surface area contributed by atoms with Crippen molar-refractivity contribution in [3.63, 3.8) is 0 Å². The van der Waals surface area contributed by atoms with Crippen molar-refractivity contribution in [2.75, 3.05) is 7.11 Å². The number of esters is 2. The number of ether oxygens (including phenoxy) is 3. The number of furan rings is 1. The van der Waals surface area contributed by atoms with Crippen LogP contribution >= 0.6 is 0 Å². The molecule has 0 saturated heterocycles. The molecule has 0 N–H and O–H groups in total. The minimum Gasteiger partial charge on any atom is -0.479 e. The van der Waals surface area contributed by atoms with Crippen LogP contribution in [0.25, 0.3) is 0 Å². The highest BCUT2D eigenvalue weighted by atomic mass is 16.6. The van der Waals surface area contributed by atoms with Crippen LogP contribution in [0, 0.1) is 18.3 Å². The molecule has 0 amide bonds. The molecule has 0 aliphatic carbocycles. The van der Waals surface area contributed by atoms with Crippen LogP contribution in [0.2, 0.25) is 0 Å². The fourth-order valence-electron chi connectivity index (χ4n) is 2.05. The van der Waals surface area contributed by atoms with Crippen LogP contribution < -0.4 is 4.74 Å². The fraction of sp³-hybridized carbons (Fsp3) is 0.278. The molecule has 0 saturated carbocycles. The summed E-state index contributed by atoms with van der Waals surface area (Å²) in [5.41, 5.74) is 0.785. The highest BCUT2D eigenvalue weighted by Gasteiger charge is 2.19. The zero-order valence-electron chi connectivity index (χ0n) is 14.1. The number of rotatable bonds is 6. The zero-order valence-corrected chi connectivity index (χ0v) is 14.1. The molecule has 25 heavy (non-hydrogen) atoms. The van der Waals surface area contributed by atoms with Crippen LogP contribution in [0.1, 0.15) is 34.4 Å². The van der Waals surface area contributed by atoms with Gasteiger partial charge in [-0.1, -0.05) is 0 Å². The number of hydrogen-bond donors (Lipinski definition) is 0. The first-order valence-corrected chi connectivity index (χ1v) is 7.45. The summed E-state index contributed by atoms with van der Waals surface area (Å²) in [7, 11) is 1.27. The number of carbonyl (C=O) groups is 2. The average Bonchev–Trinajstić information content (AvgIpc) is 3.00. The first kappa shape index (κ1) is 18.1. The summed E-state index contributed by atoms with van der Waals surface area (Å²) >= 11 is 0. The van der Waals surface area contributed by atoms with E-state index in [1.807, 2.05) is 6.07 Å². The molecule has 0 radical (unpaired) electrons. The van der Waals surface area contributed by atoms with Crippen LogP contribution in [-0.2, 0) is 20.9 Å². The third-order valence-corrected chi connectivity index (χ3v) is 3.36. The molecular formula is C18H17NO6. The molecule has 2 aromatic rings. The molecule has 0 aliphatic heterocycles. The van der Waals surface area contributed by atoms with Gasteiger partial charge in [0, 0.05) is 0 Å². The number of carbonyl (C=O) groups excluding carboxylic acids is 2. The summed E-state index contributed by atoms with van der Waals surface area (Å²) in [5.74, 6) is 0.0660. The molecule has 0 bridgehead atoms. The second-order valence-corrected chi connectivity index (χ2v) is 5.18. The molecule has 130 valence electrons. The summed E-state index contributed by atoms with van der Waals surface area (Å²) in [4.78, 5) is 23.5. The standard InChI is InChI=1S/C18H17NO6/c1-11-16(18(21)22-3)8-15(24-11)10-23-17(20)12(2)25-14-6-4-13(9-19)5-7-14/h4-8,12H,10H2,1-3H3/t12-/m0/s1. The van der Waals surface area contributed by atoms with Gasteiger partial charge in [0.15, 0.2) is 6.10 Å². The maximum absolute atomic E-state index is 12.0. The predicted octanol–water partition coefficient (Wildman–Crippen LogP) is 2.76. The van der Waals surface area contributed by atoms with Crippen molar-refractivity contribution in [2.45, 2.75) is 26.6 Å². The maximum atomic E-state index is 12.0. The molecule has 0 fully saturated rings. The van der Waals surface area contributed by atoms with Crippen LogP contribution in [-0.4, -0.2) is 25.2 Å². The molecule has 7 nitrogen and oxygen atoms in total. The van der Waals surface area contributed by atoms with E-state index < -0.39 is 18.0 Å². The van der Waals surface area contributed by atoms with Gasteiger partial charge < -0.3 is 18.6 Å². The average molecular weight is 343 g/mol. The van der Waals surface area contributed by atoms with Crippen LogP contribution in [0.5, 0.6) is 5.75 Å². The maximum Gasteiger partial charge on any atom is 0.347 e. The minimum atomic E-state index is -0.843. The summed E-state index contributed by atoms with van der Waals surface area (Å²) < 4.78 is 20.6. The monoisotopic (exact) mass is 343 g/mol. The van der Waals surface area contributed by atoms with E-state index in [4.69, 9.17) is 19.2 Å². The van der Waals surface area contributed by atoms with Crippen molar-refractivity contribution in [1.82, 2.24) is 0 Å². The van der Waals surface area contributed by atoms with Crippen molar-refractivity contribution in [2.24, 2.45) is 0 Å². The van der Waals surface area contributed by atoms with Crippen molar-refractivity contribution in [1.29, 1.82) is 5.26 Å². The van der Waals surface area contributed by atoms with Gasteiger partial charge in [0.1, 0.15) is 29.4 Å². The minimum absolute atomic E-state index is 0.127. The zero-order chi connectivity index (χ0) is 18.4. The van der Waals surface area contributed by atoms with E-state index in [0.717, 1.165) is 0 Å². The molecule has 0 unspecified atom stereocenters. The van der Waals surface area contributed by atoms with Gasteiger partial charge in [-0.25, -0.2) is 9.59 Å². The number of nitriles is 1. The molecule has 1 aromatic carbocycles. The van der Waals surface area contributed by atoms with E-state index in [-0.39, 0.29) is 12.2 Å². The largest absolute Gasteiger partial charge is 0.479 e. The van der Waals surface area contributed by atoms with E-state index in [1.54, 1.807) is 38.1 Å². The number of nitrogens with zero attached hydrogens (tertiary/aromatic N) is 1. The Morgan fingerprint density at radius 1 is 1.28 bits per heavy atom. The smallest absolute Gasteiger partial charge is 0.347 e. The van der Waals surface area contributed by atoms with Gasteiger partial charge in [0.2, 0.25) is 0 Å². The van der Waals surface area contributed by atoms with Gasteiger partial charge >= 0.3 is 11.9 Å². The third-order valence-electron chi connectivity index (χ3n) is 3.36. The van der Waals surface area contributed by atoms with E-state index >= 15 is 0 Å². The van der Waals surface area contributed by atoms with Gasteiger partial charge in [-0.15, -0.1) is 0 Å². The molecule has 0 aliphatic rings. The lowest BCUT2D eigenvalue weighted by Crippen LogP contribution is -2.25. The van der Waals surface area contributed by atoms with Crippen molar-refractivity contribution in [3.8, 4) is 11.8 Å². The van der Waals surface area contributed by atoms with Gasteiger partial charge in [0.05, 0.1) is 18.7 Å². The quantitative estimate of drug-likeness (QED) is 0.744. The molecule has 7 heteroatoms. The van der Waals surface area contributed by atoms with Crippen LogP contribution in [0.4, 0.5) is 0 Å². The Morgan fingerprint density at radius 3 is 2.56 bits per heavy atom. The lowest BCUT2D eigenvalue weighted by atomic mass is 10.2. The topological polar surface area (TPSA) is 98.8 Å². The van der Waals surface area contributed by atoms with E-state index in [0.29, 0.717) is 22.8 Å². The normalized spacial score (nSPS) is 11.3. The summed E-state index contributed by atoms with van der Waals surface area (Å²) in [6, 6.07) is 9.85. The highest BCUT2D eigenvalue weighted by Crippen LogP contribution is 2.17. The molecule has 2 rings (SSSR count). The predicted molar refractivity (Wildman–Crippen MR) is 85.8 cm³/mol. The Bertz CT molecular complexity index is 800. The highest BCUT2D eigenvalue weighted by molar-refractivity contribution is 5.90. The molecular weight excluding hydrogens is 326 g/mol. The lowest BCUT2D eigenvalue weighted by molar-refractivity contribution is -0.153. The van der Waals surface area contributed by atoms with Gasteiger partial charge in [0.25, 0.3) is 0 Å². The van der Waals surface area contributed by atoms with Gasteiger partial charge in [-0.05, 0) is 44.2 Å². The van der Waals surface area contributed by atoms with Gasteiger partial charge in [-0.2, -0.15) is 5.26 Å². The van der Waals surface area contributed by atoms with Gasteiger partial charge in [-0.3, -0.25) is 0 Å². The Morgan fingerprint density at radius 2 is 1.96 bits per heavy atom. The molecule has 1 heterocycles. The first-order valence-electron chi connectivity index (χ1n) is 7.45. The number of methoxy groups -OCH3 is 1. The Labute approximate surface area is 144 Å². The fourth-order valence-corrected chi connectivity index (χ4v) is 2.05. The molecule has 1 atom stereocenters. The number of aryl methyl sites for hydroxylation is 1. The van der Waals surface area contributed by atoms with E-state index in [2.05, 4.69) is 4.74 Å². The lowest BCUT2D eigenvalue weighted by Gasteiger charge is -2.13. The second kappa shape index (κ2) is 8.02. The first-order chi connectivity index (χ1) is 11.9. The summed E-state index contributed by atoms with van der Waals surface area (Å²) in [6.45, 7) is 3.04. The number of benzene rings is 1. The summed E-state index contributed by atoms with van der Waals surface area (Å²) in [6.07, 6.45) is -0.843. The SMILES string of the molecule is COC(=O)c1cc(COC(=O)[C@H](C)Oc2ccc(C#N)cc2)oc1C.